The third kappa shape index (κ3) is 3.28. The van der Waals surface area contributed by atoms with Crippen LogP contribution in [-0.2, 0) is 14.3 Å². The van der Waals surface area contributed by atoms with Gasteiger partial charge in [0.15, 0.2) is 5.78 Å². The zero-order chi connectivity index (χ0) is 19.1. The summed E-state index contributed by atoms with van der Waals surface area (Å²) in [5.41, 5.74) is 3.20. The topological polar surface area (TPSA) is 68.3 Å². The van der Waals surface area contributed by atoms with Crippen molar-refractivity contribution in [2.45, 2.75) is 46.5 Å². The number of rotatable bonds is 3. The lowest BCUT2D eigenvalue weighted by molar-refractivity contribution is -0.138. The first-order chi connectivity index (χ1) is 12.2. The molecule has 6 heteroatoms. The molecule has 1 unspecified atom stereocenters. The van der Waals surface area contributed by atoms with Gasteiger partial charge in [0.2, 0.25) is 0 Å². The van der Waals surface area contributed by atoms with E-state index in [1.807, 2.05) is 6.92 Å². The fourth-order valence-corrected chi connectivity index (χ4v) is 4.08. The lowest BCUT2D eigenvalue weighted by Gasteiger charge is -2.39. The van der Waals surface area contributed by atoms with E-state index < -0.39 is 11.9 Å². The lowest BCUT2D eigenvalue weighted by atomic mass is 9.68. The average Bonchev–Trinajstić information content (AvgIpc) is 2.53. The molecule has 0 bridgehead atoms. The number of nitrogens with one attached hydrogen (secondary N) is 1. The Hall–Kier alpha value is -2.14. The summed E-state index contributed by atoms with van der Waals surface area (Å²) in [6, 6.07) is 1.77. The predicted octanol–water partition coefficient (Wildman–Crippen LogP) is 3.90. The van der Waals surface area contributed by atoms with Crippen molar-refractivity contribution in [3.63, 3.8) is 0 Å². The summed E-state index contributed by atoms with van der Waals surface area (Å²) in [6.45, 7) is 8.01. The molecular formula is C20H23ClN2O3. The first-order valence-corrected chi connectivity index (χ1v) is 9.13. The fourth-order valence-electron chi connectivity index (χ4n) is 3.85. The monoisotopic (exact) mass is 374 g/mol. The second-order valence-corrected chi connectivity index (χ2v) is 7.95. The minimum Gasteiger partial charge on any atom is -0.463 e. The molecule has 0 fully saturated rings. The molecule has 2 heterocycles. The van der Waals surface area contributed by atoms with Crippen molar-refractivity contribution >= 4 is 23.4 Å². The second-order valence-electron chi connectivity index (χ2n) is 7.55. The zero-order valence-corrected chi connectivity index (χ0v) is 16.2. The van der Waals surface area contributed by atoms with Crippen molar-refractivity contribution in [1.82, 2.24) is 10.3 Å². The molecule has 0 radical (unpaired) electrons. The van der Waals surface area contributed by atoms with E-state index in [9.17, 15) is 9.59 Å². The van der Waals surface area contributed by atoms with E-state index in [0.29, 0.717) is 33.9 Å². The number of hydrogen-bond donors (Lipinski definition) is 1. The molecule has 1 atom stereocenters. The highest BCUT2D eigenvalue weighted by Gasteiger charge is 2.43. The molecule has 26 heavy (non-hydrogen) atoms. The van der Waals surface area contributed by atoms with Gasteiger partial charge in [-0.2, -0.15) is 0 Å². The number of carbonyl (C=O) groups excluding carboxylic acids is 2. The number of allylic oxidation sites excluding steroid dienone is 3. The molecule has 1 aromatic heterocycles. The summed E-state index contributed by atoms with van der Waals surface area (Å²) in [4.78, 5) is 29.8. The lowest BCUT2D eigenvalue weighted by Crippen LogP contribution is -2.38. The summed E-state index contributed by atoms with van der Waals surface area (Å²) in [7, 11) is 0. The van der Waals surface area contributed by atoms with Gasteiger partial charge in [-0.1, -0.05) is 25.4 Å². The summed E-state index contributed by atoms with van der Waals surface area (Å²) < 4.78 is 5.27. The molecule has 1 aliphatic heterocycles. The van der Waals surface area contributed by atoms with Crippen LogP contribution in [0.2, 0.25) is 5.02 Å². The van der Waals surface area contributed by atoms with Gasteiger partial charge in [-0.05, 0) is 37.3 Å². The van der Waals surface area contributed by atoms with E-state index >= 15 is 0 Å². The number of nitrogens with zero attached hydrogens (tertiary/aromatic N) is 1. The van der Waals surface area contributed by atoms with Crippen LogP contribution in [-0.4, -0.2) is 23.3 Å². The van der Waals surface area contributed by atoms with Gasteiger partial charge < -0.3 is 10.1 Å². The zero-order valence-electron chi connectivity index (χ0n) is 15.5. The smallest absolute Gasteiger partial charge is 0.336 e. The molecule has 1 N–H and O–H groups in total. The third-order valence-electron chi connectivity index (χ3n) is 4.85. The molecule has 0 spiro atoms. The van der Waals surface area contributed by atoms with Crippen LogP contribution in [0, 0.1) is 5.41 Å². The van der Waals surface area contributed by atoms with Crippen LogP contribution in [0.1, 0.15) is 52.0 Å². The van der Waals surface area contributed by atoms with Crippen molar-refractivity contribution in [2.24, 2.45) is 5.41 Å². The average molecular weight is 375 g/mol. The quantitative estimate of drug-likeness (QED) is 0.812. The van der Waals surface area contributed by atoms with E-state index in [4.69, 9.17) is 16.3 Å². The molecule has 2 aliphatic rings. The molecule has 3 rings (SSSR count). The number of aromatic nitrogens is 1. The SMILES string of the molecule is CCOC(=O)C1=C(C)NC2=C(C(=O)CC(C)(C)C2)C1c1ccncc1Cl. The van der Waals surface area contributed by atoms with E-state index in [1.165, 1.54) is 6.20 Å². The largest absolute Gasteiger partial charge is 0.463 e. The number of esters is 1. The minimum atomic E-state index is -0.538. The normalized spacial score (nSPS) is 22.0. The van der Waals surface area contributed by atoms with Crippen molar-refractivity contribution in [3.05, 3.63) is 51.6 Å². The summed E-state index contributed by atoms with van der Waals surface area (Å²) in [5, 5.41) is 3.72. The van der Waals surface area contributed by atoms with Crippen molar-refractivity contribution in [2.75, 3.05) is 6.61 Å². The Kier molecular flexibility index (Phi) is 4.93. The van der Waals surface area contributed by atoms with Gasteiger partial charge in [0.25, 0.3) is 0 Å². The Labute approximate surface area is 158 Å². The standard InChI is InChI=1S/C20H23ClN2O3/c1-5-26-19(25)16-11(2)23-14-8-20(3,4)9-15(24)18(14)17(16)12-6-7-22-10-13(12)21/h6-7,10,17,23H,5,8-9H2,1-4H3. The Morgan fingerprint density at radius 3 is 2.81 bits per heavy atom. The highest BCUT2D eigenvalue weighted by atomic mass is 35.5. The Morgan fingerprint density at radius 1 is 1.42 bits per heavy atom. The molecule has 138 valence electrons. The molecule has 0 aromatic carbocycles. The maximum absolute atomic E-state index is 13.0. The van der Waals surface area contributed by atoms with Gasteiger partial charge in [-0.15, -0.1) is 0 Å². The Morgan fingerprint density at radius 2 is 2.15 bits per heavy atom. The van der Waals surface area contributed by atoms with E-state index in [-0.39, 0.29) is 17.8 Å². The minimum absolute atomic E-state index is 0.0379. The van der Waals surface area contributed by atoms with Crippen LogP contribution in [0.25, 0.3) is 0 Å². The number of halogens is 1. The molecule has 5 nitrogen and oxygen atoms in total. The fraction of sp³-hybridized carbons (Fsp3) is 0.450. The van der Waals surface area contributed by atoms with Gasteiger partial charge in [-0.3, -0.25) is 9.78 Å². The number of dihydropyridines is 1. The highest BCUT2D eigenvalue weighted by Crippen LogP contribution is 2.47. The Balaban J connectivity index is 2.21. The summed E-state index contributed by atoms with van der Waals surface area (Å²) in [5.74, 6) is -0.931. The van der Waals surface area contributed by atoms with Crippen molar-refractivity contribution in [1.29, 1.82) is 0 Å². The first kappa shape index (κ1) is 18.6. The van der Waals surface area contributed by atoms with E-state index in [0.717, 1.165) is 12.1 Å². The Bertz CT molecular complexity index is 839. The van der Waals surface area contributed by atoms with Crippen LogP contribution in [0.5, 0.6) is 0 Å². The first-order valence-electron chi connectivity index (χ1n) is 8.75. The van der Waals surface area contributed by atoms with Gasteiger partial charge >= 0.3 is 5.97 Å². The van der Waals surface area contributed by atoms with Crippen molar-refractivity contribution in [3.8, 4) is 0 Å². The van der Waals surface area contributed by atoms with Crippen LogP contribution in [0.3, 0.4) is 0 Å². The summed E-state index contributed by atoms with van der Waals surface area (Å²) in [6.07, 6.45) is 4.33. The van der Waals surface area contributed by atoms with Gasteiger partial charge in [0, 0.05) is 41.7 Å². The van der Waals surface area contributed by atoms with Gasteiger partial charge in [0.05, 0.1) is 17.2 Å². The molecule has 0 saturated carbocycles. The van der Waals surface area contributed by atoms with Crippen LogP contribution in [0.4, 0.5) is 0 Å². The number of Topliss-reactive ketones (excluding diaryl/α,β-unsaturated/α-hetero) is 1. The second kappa shape index (κ2) is 6.88. The van der Waals surface area contributed by atoms with Crippen molar-refractivity contribution < 1.29 is 14.3 Å². The summed E-state index contributed by atoms with van der Waals surface area (Å²) >= 11 is 6.40. The molecular weight excluding hydrogens is 352 g/mol. The molecule has 0 saturated heterocycles. The number of hydrogen-bond acceptors (Lipinski definition) is 5. The molecule has 1 aromatic rings. The maximum atomic E-state index is 13.0. The third-order valence-corrected chi connectivity index (χ3v) is 5.17. The number of pyridine rings is 1. The number of ether oxygens (including phenoxy) is 1. The van der Waals surface area contributed by atoms with Crippen LogP contribution in [0.15, 0.2) is 41.0 Å². The highest BCUT2D eigenvalue weighted by molar-refractivity contribution is 6.31. The maximum Gasteiger partial charge on any atom is 0.336 e. The number of ketones is 1. The molecule has 1 aliphatic carbocycles. The van der Waals surface area contributed by atoms with Crippen LogP contribution >= 0.6 is 11.6 Å². The molecule has 0 amide bonds. The van der Waals surface area contributed by atoms with E-state index in [2.05, 4.69) is 24.1 Å². The van der Waals surface area contributed by atoms with Gasteiger partial charge in [0.1, 0.15) is 0 Å². The number of carbonyl (C=O) groups is 2. The van der Waals surface area contributed by atoms with Gasteiger partial charge in [-0.25, -0.2) is 4.79 Å². The van der Waals surface area contributed by atoms with Crippen LogP contribution < -0.4 is 5.32 Å². The van der Waals surface area contributed by atoms with E-state index in [1.54, 1.807) is 19.2 Å². The predicted molar refractivity (Wildman–Crippen MR) is 99.5 cm³/mol.